The van der Waals surface area contributed by atoms with Crippen LogP contribution in [-0.4, -0.2) is 40.8 Å². The molecule has 1 aliphatic heterocycles. The average Bonchev–Trinajstić information content (AvgIpc) is 2.54. The second kappa shape index (κ2) is 7.20. The summed E-state index contributed by atoms with van der Waals surface area (Å²) in [4.78, 5) is 18.2. The molecule has 1 aromatic heterocycles. The Morgan fingerprint density at radius 2 is 1.96 bits per heavy atom. The number of rotatable bonds is 2. The zero-order valence-electron chi connectivity index (χ0n) is 14.8. The molecule has 0 aliphatic carbocycles. The van der Waals surface area contributed by atoms with E-state index in [9.17, 15) is 4.79 Å². The summed E-state index contributed by atoms with van der Waals surface area (Å²) >= 11 is 3.51. The minimum atomic E-state index is -0.466. The number of aromatic nitrogens is 1. The van der Waals surface area contributed by atoms with E-state index in [4.69, 9.17) is 9.47 Å². The van der Waals surface area contributed by atoms with Crippen LogP contribution in [0.2, 0.25) is 0 Å². The van der Waals surface area contributed by atoms with E-state index in [0.29, 0.717) is 13.1 Å². The lowest BCUT2D eigenvalue weighted by Gasteiger charge is -2.33. The van der Waals surface area contributed by atoms with Crippen LogP contribution in [0.5, 0.6) is 5.75 Å². The summed E-state index contributed by atoms with van der Waals surface area (Å²) in [5.41, 5.74) is -0.466. The van der Waals surface area contributed by atoms with Crippen LogP contribution in [0.1, 0.15) is 33.6 Å². The number of ether oxygens (including phenoxy) is 2. The average molecular weight is 407 g/mol. The van der Waals surface area contributed by atoms with Crippen LogP contribution in [-0.2, 0) is 4.74 Å². The molecule has 0 spiro atoms. The first-order valence-electron chi connectivity index (χ1n) is 8.50. The van der Waals surface area contributed by atoms with Gasteiger partial charge in [0.1, 0.15) is 17.5 Å². The van der Waals surface area contributed by atoms with Crippen molar-refractivity contribution in [2.45, 2.75) is 45.3 Å². The van der Waals surface area contributed by atoms with Crippen LogP contribution in [0.25, 0.3) is 10.8 Å². The minimum absolute atomic E-state index is 0.0741. The highest BCUT2D eigenvalue weighted by atomic mass is 79.9. The molecule has 1 aromatic carbocycles. The van der Waals surface area contributed by atoms with Gasteiger partial charge in [-0.15, -0.1) is 0 Å². The molecule has 1 amide bonds. The van der Waals surface area contributed by atoms with Crippen LogP contribution in [0, 0.1) is 0 Å². The highest BCUT2D eigenvalue weighted by molar-refractivity contribution is 9.10. The molecule has 0 radical (unpaired) electrons. The van der Waals surface area contributed by atoms with Gasteiger partial charge in [0.25, 0.3) is 0 Å². The summed E-state index contributed by atoms with van der Waals surface area (Å²) < 4.78 is 12.6. The largest absolute Gasteiger partial charge is 0.488 e. The molecule has 134 valence electrons. The Morgan fingerprint density at radius 3 is 2.64 bits per heavy atom. The zero-order chi connectivity index (χ0) is 18.0. The van der Waals surface area contributed by atoms with Crippen LogP contribution >= 0.6 is 15.9 Å². The van der Waals surface area contributed by atoms with Crippen LogP contribution in [0.4, 0.5) is 4.79 Å². The van der Waals surface area contributed by atoms with Gasteiger partial charge in [0.15, 0.2) is 0 Å². The molecule has 5 nitrogen and oxygen atoms in total. The third kappa shape index (κ3) is 4.63. The molecule has 0 bridgehead atoms. The van der Waals surface area contributed by atoms with Crippen molar-refractivity contribution < 1.29 is 14.3 Å². The second-order valence-electron chi connectivity index (χ2n) is 7.29. The number of carbonyl (C=O) groups excluding carboxylic acids is 1. The van der Waals surface area contributed by atoms with E-state index >= 15 is 0 Å². The van der Waals surface area contributed by atoms with Gasteiger partial charge in [-0.1, -0.05) is 22.0 Å². The predicted octanol–water partition coefficient (Wildman–Crippen LogP) is 4.78. The van der Waals surface area contributed by atoms with Crippen molar-refractivity contribution in [3.63, 3.8) is 0 Å². The number of pyridine rings is 1. The Morgan fingerprint density at radius 1 is 1.24 bits per heavy atom. The summed E-state index contributed by atoms with van der Waals surface area (Å²) in [6, 6.07) is 6.06. The van der Waals surface area contributed by atoms with Gasteiger partial charge in [0, 0.05) is 47.4 Å². The third-order valence-electron chi connectivity index (χ3n) is 4.07. The summed E-state index contributed by atoms with van der Waals surface area (Å²) in [5, 5.41) is 2.09. The molecule has 1 saturated heterocycles. The number of benzene rings is 1. The fourth-order valence-electron chi connectivity index (χ4n) is 2.87. The molecule has 2 heterocycles. The number of hydrogen-bond acceptors (Lipinski definition) is 4. The second-order valence-corrected chi connectivity index (χ2v) is 8.20. The molecule has 1 fully saturated rings. The minimum Gasteiger partial charge on any atom is -0.488 e. The number of likely N-dealkylation sites (tertiary alicyclic amines) is 1. The lowest BCUT2D eigenvalue weighted by Crippen LogP contribution is -2.44. The summed E-state index contributed by atoms with van der Waals surface area (Å²) in [5.74, 6) is 0.787. The summed E-state index contributed by atoms with van der Waals surface area (Å²) in [7, 11) is 0. The van der Waals surface area contributed by atoms with E-state index in [1.165, 1.54) is 0 Å². The van der Waals surface area contributed by atoms with Crippen LogP contribution in [0.3, 0.4) is 0 Å². The highest BCUT2D eigenvalue weighted by Gasteiger charge is 2.27. The molecule has 0 N–H and O–H groups in total. The van der Waals surface area contributed by atoms with E-state index in [2.05, 4.69) is 20.9 Å². The molecule has 6 heteroatoms. The van der Waals surface area contributed by atoms with Gasteiger partial charge in [0.2, 0.25) is 0 Å². The first-order valence-corrected chi connectivity index (χ1v) is 9.29. The van der Waals surface area contributed by atoms with Crippen molar-refractivity contribution in [1.29, 1.82) is 0 Å². The molecular weight excluding hydrogens is 384 g/mol. The summed E-state index contributed by atoms with van der Waals surface area (Å²) in [6.45, 7) is 6.92. The molecule has 0 atom stereocenters. The zero-order valence-corrected chi connectivity index (χ0v) is 16.4. The van der Waals surface area contributed by atoms with E-state index < -0.39 is 5.60 Å². The first kappa shape index (κ1) is 18.0. The number of piperidine rings is 1. The van der Waals surface area contributed by atoms with Crippen LogP contribution < -0.4 is 4.74 Å². The molecule has 1 aliphatic rings. The van der Waals surface area contributed by atoms with E-state index in [0.717, 1.165) is 33.8 Å². The lowest BCUT2D eigenvalue weighted by molar-refractivity contribution is 0.0127. The van der Waals surface area contributed by atoms with E-state index in [1.807, 2.05) is 45.2 Å². The van der Waals surface area contributed by atoms with Crippen molar-refractivity contribution in [2.24, 2.45) is 0 Å². The molecule has 25 heavy (non-hydrogen) atoms. The highest BCUT2D eigenvalue weighted by Crippen LogP contribution is 2.29. The van der Waals surface area contributed by atoms with Gasteiger partial charge >= 0.3 is 6.09 Å². The van der Waals surface area contributed by atoms with Crippen molar-refractivity contribution >= 4 is 32.8 Å². The Hall–Kier alpha value is -1.82. The fourth-order valence-corrected chi connectivity index (χ4v) is 3.23. The molecule has 0 unspecified atom stereocenters. The molecule has 3 rings (SSSR count). The van der Waals surface area contributed by atoms with E-state index in [-0.39, 0.29) is 12.2 Å². The number of amides is 1. The van der Waals surface area contributed by atoms with Crippen molar-refractivity contribution in [1.82, 2.24) is 9.88 Å². The molecular formula is C19H23BrN2O3. The number of fused-ring (bicyclic) bond motifs is 1. The molecule has 0 saturated carbocycles. The third-order valence-corrected chi connectivity index (χ3v) is 4.57. The molecule has 2 aromatic rings. The first-order chi connectivity index (χ1) is 11.8. The fraction of sp³-hybridized carbons (Fsp3) is 0.474. The number of halogens is 1. The monoisotopic (exact) mass is 406 g/mol. The van der Waals surface area contributed by atoms with Gasteiger partial charge in [-0.2, -0.15) is 0 Å². The van der Waals surface area contributed by atoms with Gasteiger partial charge in [-0.25, -0.2) is 4.79 Å². The Balaban J connectivity index is 1.63. The predicted molar refractivity (Wildman–Crippen MR) is 101 cm³/mol. The maximum atomic E-state index is 12.1. The van der Waals surface area contributed by atoms with Crippen molar-refractivity contribution in [2.75, 3.05) is 13.1 Å². The van der Waals surface area contributed by atoms with Gasteiger partial charge in [-0.3, -0.25) is 4.98 Å². The normalized spacial score (nSPS) is 16.1. The van der Waals surface area contributed by atoms with Crippen molar-refractivity contribution in [3.05, 3.63) is 35.1 Å². The summed E-state index contributed by atoms with van der Waals surface area (Å²) in [6.07, 6.45) is 4.98. The van der Waals surface area contributed by atoms with Gasteiger partial charge in [-0.05, 0) is 32.9 Å². The van der Waals surface area contributed by atoms with E-state index in [1.54, 1.807) is 11.1 Å². The van der Waals surface area contributed by atoms with Crippen LogP contribution in [0.15, 0.2) is 35.1 Å². The number of carbonyl (C=O) groups is 1. The topological polar surface area (TPSA) is 51.7 Å². The maximum absolute atomic E-state index is 12.1. The Labute approximate surface area is 156 Å². The standard InChI is InChI=1S/C19H23BrN2O3/c1-19(2,3)25-18(23)22-8-6-15(7-9-22)24-17-12-21-11-13-4-5-14(20)10-16(13)17/h4-5,10-12,15H,6-9H2,1-3H3. The Bertz CT molecular complexity index is 765. The smallest absolute Gasteiger partial charge is 0.410 e. The lowest BCUT2D eigenvalue weighted by atomic mass is 10.1. The number of hydrogen-bond donors (Lipinski definition) is 0. The Kier molecular flexibility index (Phi) is 5.18. The SMILES string of the molecule is CC(C)(C)OC(=O)N1CCC(Oc2cncc3ccc(Br)cc23)CC1. The van der Waals surface area contributed by atoms with Crippen molar-refractivity contribution in [3.8, 4) is 5.75 Å². The quantitative estimate of drug-likeness (QED) is 0.719. The number of nitrogens with zero attached hydrogens (tertiary/aromatic N) is 2. The van der Waals surface area contributed by atoms with Gasteiger partial charge < -0.3 is 14.4 Å². The van der Waals surface area contributed by atoms with Gasteiger partial charge in [0.05, 0.1) is 6.20 Å². The maximum Gasteiger partial charge on any atom is 0.410 e.